The monoisotopic (exact) mass is 338 g/mol. The molecule has 0 spiro atoms. The van der Waals surface area contributed by atoms with Gasteiger partial charge in [-0.15, -0.1) is 0 Å². The highest BCUT2D eigenvalue weighted by Gasteiger charge is 2.26. The van der Waals surface area contributed by atoms with Crippen LogP contribution in [0.4, 0.5) is 0 Å². The summed E-state index contributed by atoms with van der Waals surface area (Å²) in [6.45, 7) is 0.0571. The lowest BCUT2D eigenvalue weighted by Crippen LogP contribution is -2.24. The van der Waals surface area contributed by atoms with Crippen molar-refractivity contribution in [2.75, 3.05) is 21.3 Å². The summed E-state index contributed by atoms with van der Waals surface area (Å²) in [6, 6.07) is 8.24. The maximum atomic E-state index is 12.6. The first-order chi connectivity index (χ1) is 11.0. The zero-order valence-corrected chi connectivity index (χ0v) is 13.9. The van der Waals surface area contributed by atoms with Crippen LogP contribution in [0.5, 0.6) is 17.2 Å². The van der Waals surface area contributed by atoms with Gasteiger partial charge in [0.1, 0.15) is 17.2 Å². The molecule has 124 valence electrons. The van der Waals surface area contributed by atoms with Crippen LogP contribution in [0.15, 0.2) is 41.4 Å². The molecule has 0 unspecified atom stereocenters. The first-order valence-electron chi connectivity index (χ1n) is 6.71. The van der Waals surface area contributed by atoms with Crippen molar-refractivity contribution in [2.24, 2.45) is 0 Å². The van der Waals surface area contributed by atoms with Crippen molar-refractivity contribution < 1.29 is 22.6 Å². The number of benzene rings is 1. The highest BCUT2D eigenvalue weighted by atomic mass is 32.2. The van der Waals surface area contributed by atoms with Crippen molar-refractivity contribution in [2.45, 2.75) is 11.4 Å². The molecule has 0 aliphatic heterocycles. The van der Waals surface area contributed by atoms with Crippen LogP contribution in [-0.4, -0.2) is 34.7 Å². The molecule has 2 aromatic rings. The minimum Gasteiger partial charge on any atom is -0.496 e. The maximum Gasteiger partial charge on any atom is 0.248 e. The third kappa shape index (κ3) is 3.91. The summed E-state index contributed by atoms with van der Waals surface area (Å²) in [5, 5.41) is 0. The van der Waals surface area contributed by atoms with Gasteiger partial charge < -0.3 is 14.2 Å². The van der Waals surface area contributed by atoms with Crippen molar-refractivity contribution in [3.63, 3.8) is 0 Å². The quantitative estimate of drug-likeness (QED) is 0.825. The Labute approximate surface area is 135 Å². The highest BCUT2D eigenvalue weighted by molar-refractivity contribution is 7.89. The molecule has 0 aliphatic carbocycles. The van der Waals surface area contributed by atoms with E-state index < -0.39 is 10.0 Å². The van der Waals surface area contributed by atoms with Crippen molar-refractivity contribution in [1.82, 2.24) is 9.71 Å². The van der Waals surface area contributed by atoms with Crippen LogP contribution in [0.1, 0.15) is 5.69 Å². The zero-order chi connectivity index (χ0) is 16.9. The number of sulfonamides is 1. The summed E-state index contributed by atoms with van der Waals surface area (Å²) >= 11 is 0. The number of ether oxygens (including phenoxy) is 3. The molecule has 7 nitrogen and oxygen atoms in total. The first-order valence-corrected chi connectivity index (χ1v) is 8.19. The minimum atomic E-state index is -3.86. The molecule has 0 fully saturated rings. The number of pyridine rings is 1. The molecule has 0 saturated heterocycles. The molecule has 0 atom stereocenters. The van der Waals surface area contributed by atoms with E-state index in [1.807, 2.05) is 0 Å². The second-order valence-electron chi connectivity index (χ2n) is 4.51. The third-order valence-electron chi connectivity index (χ3n) is 3.11. The van der Waals surface area contributed by atoms with Gasteiger partial charge in [0.15, 0.2) is 4.90 Å². The lowest BCUT2D eigenvalue weighted by Gasteiger charge is -2.15. The normalized spacial score (nSPS) is 11.1. The Kier molecular flexibility index (Phi) is 5.41. The van der Waals surface area contributed by atoms with E-state index in [4.69, 9.17) is 14.2 Å². The maximum absolute atomic E-state index is 12.6. The largest absolute Gasteiger partial charge is 0.496 e. The summed E-state index contributed by atoms with van der Waals surface area (Å²) in [5.41, 5.74) is 0.600. The fraction of sp³-hybridized carbons (Fsp3) is 0.267. The molecule has 0 bridgehead atoms. The van der Waals surface area contributed by atoms with Crippen LogP contribution >= 0.6 is 0 Å². The van der Waals surface area contributed by atoms with Crippen LogP contribution in [0, 0.1) is 0 Å². The van der Waals surface area contributed by atoms with E-state index in [0.717, 1.165) is 0 Å². The van der Waals surface area contributed by atoms with Crippen LogP contribution in [-0.2, 0) is 16.6 Å². The van der Waals surface area contributed by atoms with Gasteiger partial charge in [0.2, 0.25) is 10.0 Å². The Morgan fingerprint density at radius 3 is 2.17 bits per heavy atom. The summed E-state index contributed by atoms with van der Waals surface area (Å²) in [6.07, 6.45) is 1.60. The van der Waals surface area contributed by atoms with Gasteiger partial charge in [-0.25, -0.2) is 13.1 Å². The molecule has 0 amide bonds. The van der Waals surface area contributed by atoms with E-state index in [1.54, 1.807) is 24.4 Å². The van der Waals surface area contributed by atoms with Gasteiger partial charge in [-0.05, 0) is 12.1 Å². The fourth-order valence-electron chi connectivity index (χ4n) is 1.98. The number of nitrogens with one attached hydrogen (secondary N) is 1. The van der Waals surface area contributed by atoms with Crippen LogP contribution in [0.25, 0.3) is 0 Å². The number of aromatic nitrogens is 1. The van der Waals surface area contributed by atoms with Gasteiger partial charge in [-0.3, -0.25) is 4.98 Å². The molecule has 0 saturated carbocycles. The third-order valence-corrected chi connectivity index (χ3v) is 4.57. The fourth-order valence-corrected chi connectivity index (χ4v) is 3.28. The van der Waals surface area contributed by atoms with Crippen molar-refractivity contribution in [3.8, 4) is 17.2 Å². The zero-order valence-electron chi connectivity index (χ0n) is 13.1. The van der Waals surface area contributed by atoms with Gasteiger partial charge in [0, 0.05) is 18.3 Å². The van der Waals surface area contributed by atoms with Crippen LogP contribution in [0.3, 0.4) is 0 Å². The molecule has 1 aromatic heterocycles. The topological polar surface area (TPSA) is 86.8 Å². The average Bonchev–Trinajstić information content (AvgIpc) is 2.59. The van der Waals surface area contributed by atoms with E-state index in [0.29, 0.717) is 11.4 Å². The van der Waals surface area contributed by atoms with Crippen LogP contribution < -0.4 is 18.9 Å². The standard InChI is InChI=1S/C15H18N2O5S/c1-20-12-8-13(21-2)15(14(9-12)22-3)23(18,19)17-10-11-6-4-5-7-16-11/h4-9,17H,10H2,1-3H3. The smallest absolute Gasteiger partial charge is 0.248 e. The minimum absolute atomic E-state index is 0.0571. The summed E-state index contributed by atoms with van der Waals surface area (Å²) in [4.78, 5) is 3.99. The molecule has 0 aliphatic rings. The van der Waals surface area contributed by atoms with Gasteiger partial charge in [-0.2, -0.15) is 0 Å². The van der Waals surface area contributed by atoms with E-state index in [2.05, 4.69) is 9.71 Å². The first kappa shape index (κ1) is 17.0. The molecule has 0 radical (unpaired) electrons. The van der Waals surface area contributed by atoms with Gasteiger partial charge in [0.25, 0.3) is 0 Å². The van der Waals surface area contributed by atoms with Gasteiger partial charge in [0.05, 0.1) is 33.6 Å². The predicted molar refractivity (Wildman–Crippen MR) is 84.4 cm³/mol. The second-order valence-corrected chi connectivity index (χ2v) is 6.21. The second kappa shape index (κ2) is 7.30. The molecule has 1 N–H and O–H groups in total. The Morgan fingerprint density at radius 1 is 1.04 bits per heavy atom. The number of hydrogen-bond donors (Lipinski definition) is 1. The molecule has 1 heterocycles. The summed E-state index contributed by atoms with van der Waals surface area (Å²) in [7, 11) is 0.371. The molecular weight excluding hydrogens is 320 g/mol. The molecule has 2 rings (SSSR count). The van der Waals surface area contributed by atoms with E-state index in [-0.39, 0.29) is 22.9 Å². The number of methoxy groups -OCH3 is 3. The summed E-state index contributed by atoms with van der Waals surface area (Å²) in [5.74, 6) is 0.701. The SMILES string of the molecule is COc1cc(OC)c(S(=O)(=O)NCc2ccccn2)c(OC)c1. The Morgan fingerprint density at radius 2 is 1.70 bits per heavy atom. The predicted octanol–water partition coefficient (Wildman–Crippen LogP) is 1.59. The Balaban J connectivity index is 2.38. The Hall–Kier alpha value is -2.32. The van der Waals surface area contributed by atoms with Crippen molar-refractivity contribution in [1.29, 1.82) is 0 Å². The average molecular weight is 338 g/mol. The Bertz CT molecular complexity index is 738. The van der Waals surface area contributed by atoms with Crippen molar-refractivity contribution >= 4 is 10.0 Å². The van der Waals surface area contributed by atoms with E-state index >= 15 is 0 Å². The lowest BCUT2D eigenvalue weighted by atomic mass is 10.3. The van der Waals surface area contributed by atoms with E-state index in [9.17, 15) is 8.42 Å². The van der Waals surface area contributed by atoms with E-state index in [1.165, 1.54) is 33.5 Å². The molecule has 1 aromatic carbocycles. The molecule has 23 heavy (non-hydrogen) atoms. The lowest BCUT2D eigenvalue weighted by molar-refractivity contribution is 0.358. The number of rotatable bonds is 7. The highest BCUT2D eigenvalue weighted by Crippen LogP contribution is 2.37. The molecule has 8 heteroatoms. The number of hydrogen-bond acceptors (Lipinski definition) is 6. The number of nitrogens with zero attached hydrogens (tertiary/aromatic N) is 1. The van der Waals surface area contributed by atoms with Gasteiger partial charge in [-0.1, -0.05) is 6.07 Å². The molecular formula is C15H18N2O5S. The van der Waals surface area contributed by atoms with Gasteiger partial charge >= 0.3 is 0 Å². The van der Waals surface area contributed by atoms with Crippen molar-refractivity contribution in [3.05, 3.63) is 42.2 Å². The van der Waals surface area contributed by atoms with Crippen LogP contribution in [0.2, 0.25) is 0 Å². The summed E-state index contributed by atoms with van der Waals surface area (Å²) < 4.78 is 43.2.